The molecule has 1 amide bonds. The molecule has 0 aliphatic rings. The molecular weight excluding hydrogens is 260 g/mol. The van der Waals surface area contributed by atoms with Crippen LogP contribution in [0.5, 0.6) is 0 Å². The van der Waals surface area contributed by atoms with Gasteiger partial charge in [-0.1, -0.05) is 6.92 Å². The predicted octanol–water partition coefficient (Wildman–Crippen LogP) is -0.409. The maximum atomic E-state index is 11.7. The fourth-order valence-electron chi connectivity index (χ4n) is 1.28. The molecule has 7 nitrogen and oxygen atoms in total. The molecule has 0 saturated carbocycles. The molecule has 0 aromatic heterocycles. The van der Waals surface area contributed by atoms with Crippen LogP contribution in [0.3, 0.4) is 0 Å². The molecule has 0 heterocycles. The number of aliphatic carboxylic acids is 1. The lowest BCUT2D eigenvalue weighted by molar-refractivity contribution is -0.144. The van der Waals surface area contributed by atoms with Crippen LogP contribution < -0.4 is 0 Å². The molecule has 0 rings (SSSR count). The van der Waals surface area contributed by atoms with E-state index in [9.17, 15) is 18.0 Å². The molecular formula is C10H20N2O5S. The Morgan fingerprint density at radius 1 is 1.22 bits per heavy atom. The molecule has 0 saturated heterocycles. The fraction of sp³-hybridized carbons (Fsp3) is 0.800. The Kier molecular flexibility index (Phi) is 6.85. The zero-order valence-electron chi connectivity index (χ0n) is 10.9. The highest BCUT2D eigenvalue weighted by Gasteiger charge is 2.20. The van der Waals surface area contributed by atoms with E-state index in [4.69, 9.17) is 5.11 Å². The van der Waals surface area contributed by atoms with Gasteiger partial charge in [-0.15, -0.1) is 0 Å². The van der Waals surface area contributed by atoms with Gasteiger partial charge >= 0.3 is 5.97 Å². The van der Waals surface area contributed by atoms with Gasteiger partial charge in [0.15, 0.2) is 0 Å². The van der Waals surface area contributed by atoms with E-state index in [0.717, 1.165) is 9.21 Å². The molecule has 0 spiro atoms. The van der Waals surface area contributed by atoms with Gasteiger partial charge < -0.3 is 10.0 Å². The number of carboxylic acids is 1. The minimum atomic E-state index is -3.43. The highest BCUT2D eigenvalue weighted by Crippen LogP contribution is 2.02. The molecule has 0 bridgehead atoms. The molecule has 0 radical (unpaired) electrons. The number of hydrogen-bond acceptors (Lipinski definition) is 4. The smallest absolute Gasteiger partial charge is 0.323 e. The van der Waals surface area contributed by atoms with Gasteiger partial charge in [0, 0.05) is 27.1 Å². The summed E-state index contributed by atoms with van der Waals surface area (Å²) in [6.45, 7) is 1.74. The van der Waals surface area contributed by atoms with Crippen molar-refractivity contribution in [1.29, 1.82) is 0 Å². The van der Waals surface area contributed by atoms with E-state index in [1.807, 2.05) is 6.92 Å². The number of carbonyl (C=O) groups excluding carboxylic acids is 1. The van der Waals surface area contributed by atoms with E-state index in [1.165, 1.54) is 14.1 Å². The van der Waals surface area contributed by atoms with Crippen molar-refractivity contribution in [2.24, 2.45) is 0 Å². The Hall–Kier alpha value is -1.15. The quantitative estimate of drug-likeness (QED) is 0.652. The van der Waals surface area contributed by atoms with Crippen molar-refractivity contribution >= 4 is 21.9 Å². The first kappa shape index (κ1) is 16.9. The molecule has 18 heavy (non-hydrogen) atoms. The Labute approximate surface area is 107 Å². The molecule has 0 aliphatic carbocycles. The van der Waals surface area contributed by atoms with Crippen molar-refractivity contribution in [3.05, 3.63) is 0 Å². The number of rotatable bonds is 8. The summed E-state index contributed by atoms with van der Waals surface area (Å²) in [5, 5.41) is 8.66. The zero-order valence-corrected chi connectivity index (χ0v) is 11.7. The Balaban J connectivity index is 4.48. The summed E-state index contributed by atoms with van der Waals surface area (Å²) in [4.78, 5) is 23.5. The maximum Gasteiger partial charge on any atom is 0.323 e. The van der Waals surface area contributed by atoms with Crippen molar-refractivity contribution in [2.75, 3.05) is 32.9 Å². The lowest BCUT2D eigenvalue weighted by Gasteiger charge is -2.20. The monoisotopic (exact) mass is 280 g/mol. The first-order chi connectivity index (χ1) is 8.20. The first-order valence-electron chi connectivity index (χ1n) is 5.60. The van der Waals surface area contributed by atoms with Crippen molar-refractivity contribution in [2.45, 2.75) is 19.8 Å². The first-order valence-corrected chi connectivity index (χ1v) is 7.21. The van der Waals surface area contributed by atoms with Gasteiger partial charge in [-0.05, 0) is 6.42 Å². The van der Waals surface area contributed by atoms with Gasteiger partial charge in [0.05, 0.1) is 5.75 Å². The molecule has 0 fully saturated rings. The van der Waals surface area contributed by atoms with E-state index in [0.29, 0.717) is 13.0 Å². The summed E-state index contributed by atoms with van der Waals surface area (Å²) in [6.07, 6.45) is 0.424. The molecule has 0 aromatic carbocycles. The number of sulfonamides is 1. The number of hydrogen-bond donors (Lipinski definition) is 1. The average Bonchev–Trinajstić information content (AvgIpc) is 2.24. The van der Waals surface area contributed by atoms with E-state index < -0.39 is 28.4 Å². The molecule has 8 heteroatoms. The number of carboxylic acid groups (broad SMARTS) is 1. The standard InChI is InChI=1S/C10H20N2O5S/c1-4-6-12(8-10(14)15)9(13)5-7-18(16,17)11(2)3/h4-8H2,1-3H3,(H,14,15). The third kappa shape index (κ3) is 5.97. The number of carbonyl (C=O) groups is 2. The normalized spacial score (nSPS) is 11.6. The second-order valence-corrected chi connectivity index (χ2v) is 6.36. The second kappa shape index (κ2) is 7.32. The van der Waals surface area contributed by atoms with Crippen LogP contribution in [-0.4, -0.2) is 67.5 Å². The summed E-state index contributed by atoms with van der Waals surface area (Å²) < 4.78 is 24.0. The van der Waals surface area contributed by atoms with Gasteiger partial charge in [0.1, 0.15) is 6.54 Å². The minimum absolute atomic E-state index is 0.201. The SMILES string of the molecule is CCCN(CC(=O)O)C(=O)CCS(=O)(=O)N(C)C. The van der Waals surface area contributed by atoms with Crippen LogP contribution in [0.15, 0.2) is 0 Å². The molecule has 1 N–H and O–H groups in total. The highest BCUT2D eigenvalue weighted by atomic mass is 32.2. The summed E-state index contributed by atoms with van der Waals surface area (Å²) in [5.74, 6) is -1.87. The third-order valence-corrected chi connectivity index (χ3v) is 4.14. The number of nitrogens with zero attached hydrogens (tertiary/aromatic N) is 2. The van der Waals surface area contributed by atoms with Crippen LogP contribution in [0.25, 0.3) is 0 Å². The van der Waals surface area contributed by atoms with Gasteiger partial charge in [-0.25, -0.2) is 12.7 Å². The molecule has 0 atom stereocenters. The zero-order chi connectivity index (χ0) is 14.3. The highest BCUT2D eigenvalue weighted by molar-refractivity contribution is 7.89. The molecule has 106 valence electrons. The topological polar surface area (TPSA) is 95.0 Å². The summed E-state index contributed by atoms with van der Waals surface area (Å²) in [7, 11) is -0.652. The van der Waals surface area contributed by atoms with Gasteiger partial charge in [-0.3, -0.25) is 9.59 Å². The lowest BCUT2D eigenvalue weighted by atomic mass is 10.3. The number of amides is 1. The van der Waals surface area contributed by atoms with E-state index >= 15 is 0 Å². The molecule has 0 unspecified atom stereocenters. The van der Waals surface area contributed by atoms with Crippen molar-refractivity contribution < 1.29 is 23.1 Å². The Morgan fingerprint density at radius 2 is 1.78 bits per heavy atom. The van der Waals surface area contributed by atoms with E-state index in [2.05, 4.69) is 0 Å². The van der Waals surface area contributed by atoms with Crippen LogP contribution in [0, 0.1) is 0 Å². The Bertz CT molecular complexity index is 391. The van der Waals surface area contributed by atoms with Crippen molar-refractivity contribution in [3.8, 4) is 0 Å². The van der Waals surface area contributed by atoms with Crippen LogP contribution >= 0.6 is 0 Å². The van der Waals surface area contributed by atoms with E-state index in [-0.39, 0.29) is 12.2 Å². The summed E-state index contributed by atoms with van der Waals surface area (Å²) in [5.41, 5.74) is 0. The Morgan fingerprint density at radius 3 is 2.17 bits per heavy atom. The summed E-state index contributed by atoms with van der Waals surface area (Å²) >= 11 is 0. The lowest BCUT2D eigenvalue weighted by Crippen LogP contribution is -2.38. The van der Waals surface area contributed by atoms with E-state index in [1.54, 1.807) is 0 Å². The summed E-state index contributed by atoms with van der Waals surface area (Å²) in [6, 6.07) is 0. The largest absolute Gasteiger partial charge is 0.480 e. The van der Waals surface area contributed by atoms with Gasteiger partial charge in [0.25, 0.3) is 0 Å². The van der Waals surface area contributed by atoms with Gasteiger partial charge in [-0.2, -0.15) is 0 Å². The maximum absolute atomic E-state index is 11.7. The molecule has 0 aliphatic heterocycles. The van der Waals surface area contributed by atoms with Crippen LogP contribution in [0.1, 0.15) is 19.8 Å². The van der Waals surface area contributed by atoms with Crippen LogP contribution in [0.2, 0.25) is 0 Å². The minimum Gasteiger partial charge on any atom is -0.480 e. The van der Waals surface area contributed by atoms with Crippen molar-refractivity contribution in [3.63, 3.8) is 0 Å². The third-order valence-electron chi connectivity index (χ3n) is 2.30. The van der Waals surface area contributed by atoms with Gasteiger partial charge in [0.2, 0.25) is 15.9 Å². The van der Waals surface area contributed by atoms with Crippen LogP contribution in [-0.2, 0) is 19.6 Å². The van der Waals surface area contributed by atoms with Crippen molar-refractivity contribution in [1.82, 2.24) is 9.21 Å². The second-order valence-electron chi connectivity index (χ2n) is 4.06. The predicted molar refractivity (Wildman–Crippen MR) is 66.6 cm³/mol. The fourth-order valence-corrected chi connectivity index (χ4v) is 2.08. The van der Waals surface area contributed by atoms with Crippen LogP contribution in [0.4, 0.5) is 0 Å². The average molecular weight is 280 g/mol. The molecule has 0 aromatic rings.